The van der Waals surface area contributed by atoms with E-state index in [0.29, 0.717) is 11.6 Å². The Labute approximate surface area is 177 Å². The molecular weight excluding hydrogens is 376 g/mol. The maximum absolute atomic E-state index is 13.0. The fourth-order valence-corrected chi connectivity index (χ4v) is 4.54. The molecule has 0 bridgehead atoms. The summed E-state index contributed by atoms with van der Waals surface area (Å²) in [5.41, 5.74) is 9.20. The normalized spacial score (nSPS) is 19.0. The third kappa shape index (κ3) is 4.67. The lowest BCUT2D eigenvalue weighted by Crippen LogP contribution is -2.46. The van der Waals surface area contributed by atoms with E-state index in [9.17, 15) is 4.79 Å². The molecule has 30 heavy (non-hydrogen) atoms. The molecule has 2 fully saturated rings. The number of hydrogen-bond donors (Lipinski definition) is 2. The summed E-state index contributed by atoms with van der Waals surface area (Å²) in [5.74, 6) is 0.598. The highest BCUT2D eigenvalue weighted by Crippen LogP contribution is 2.26. The largest absolute Gasteiger partial charge is 0.397 e. The lowest BCUT2D eigenvalue weighted by molar-refractivity contribution is -0.138. The van der Waals surface area contributed by atoms with Crippen LogP contribution in [0.3, 0.4) is 0 Å². The van der Waals surface area contributed by atoms with Crippen molar-refractivity contribution in [2.24, 2.45) is 11.8 Å². The Bertz CT molecular complexity index is 870. The standard InChI is InChI=1S/C23H30N6O/c24-20-15-26-10-4-19(20)16-28-11-5-18(6-12-28)23(30)29-13-7-17(8-14-29)22(25)21-3-1-2-9-27-21/h1-4,9-10,15,17-18,25H,5-8,11-14,16,24H2. The zero-order chi connectivity index (χ0) is 20.9. The van der Waals surface area contributed by atoms with Gasteiger partial charge in [0.2, 0.25) is 5.91 Å². The maximum atomic E-state index is 13.0. The molecule has 0 saturated carbocycles. The molecule has 4 heterocycles. The number of hydrogen-bond acceptors (Lipinski definition) is 6. The lowest BCUT2D eigenvalue weighted by atomic mass is 9.88. The monoisotopic (exact) mass is 406 g/mol. The molecule has 7 heteroatoms. The Morgan fingerprint density at radius 3 is 2.43 bits per heavy atom. The van der Waals surface area contributed by atoms with Crippen molar-refractivity contribution >= 4 is 17.3 Å². The van der Waals surface area contributed by atoms with E-state index in [2.05, 4.69) is 14.9 Å². The van der Waals surface area contributed by atoms with Crippen LogP contribution < -0.4 is 5.73 Å². The summed E-state index contributed by atoms with van der Waals surface area (Å²) in [7, 11) is 0. The topological polar surface area (TPSA) is 99.2 Å². The molecule has 0 aliphatic carbocycles. The fourth-order valence-electron chi connectivity index (χ4n) is 4.54. The van der Waals surface area contributed by atoms with Gasteiger partial charge in [0.25, 0.3) is 0 Å². The summed E-state index contributed by atoms with van der Waals surface area (Å²) in [4.78, 5) is 25.8. The minimum atomic E-state index is 0.114. The zero-order valence-corrected chi connectivity index (χ0v) is 17.3. The molecule has 2 aromatic heterocycles. The summed E-state index contributed by atoms with van der Waals surface area (Å²) in [6.07, 6.45) is 8.70. The molecule has 0 radical (unpaired) electrons. The van der Waals surface area contributed by atoms with Gasteiger partial charge in [-0.2, -0.15) is 0 Å². The number of piperidine rings is 2. The van der Waals surface area contributed by atoms with Crippen LogP contribution in [0.4, 0.5) is 5.69 Å². The van der Waals surface area contributed by atoms with E-state index in [1.165, 1.54) is 0 Å². The number of nitrogens with one attached hydrogen (secondary N) is 1. The first-order chi connectivity index (χ1) is 14.6. The number of anilines is 1. The van der Waals surface area contributed by atoms with Gasteiger partial charge in [-0.1, -0.05) is 6.07 Å². The van der Waals surface area contributed by atoms with E-state index in [4.69, 9.17) is 11.1 Å². The molecule has 1 amide bonds. The summed E-state index contributed by atoms with van der Waals surface area (Å²) in [6, 6.07) is 7.66. The van der Waals surface area contributed by atoms with Crippen LogP contribution in [0, 0.1) is 17.2 Å². The number of carbonyl (C=O) groups is 1. The van der Waals surface area contributed by atoms with Crippen LogP contribution in [0.2, 0.25) is 0 Å². The van der Waals surface area contributed by atoms with Crippen LogP contribution in [0.5, 0.6) is 0 Å². The minimum Gasteiger partial charge on any atom is -0.397 e. The highest BCUT2D eigenvalue weighted by molar-refractivity contribution is 5.98. The van der Waals surface area contributed by atoms with Crippen molar-refractivity contribution in [3.05, 3.63) is 54.1 Å². The van der Waals surface area contributed by atoms with Gasteiger partial charge < -0.3 is 16.0 Å². The molecule has 4 rings (SSSR count). The molecule has 0 aromatic carbocycles. The summed E-state index contributed by atoms with van der Waals surface area (Å²) in [6.45, 7) is 4.13. The lowest BCUT2D eigenvalue weighted by Gasteiger charge is -2.37. The molecule has 0 unspecified atom stereocenters. The van der Waals surface area contributed by atoms with Gasteiger partial charge in [-0.3, -0.25) is 19.7 Å². The van der Waals surface area contributed by atoms with Gasteiger partial charge in [0.15, 0.2) is 0 Å². The fraction of sp³-hybridized carbons (Fsp3) is 0.478. The second kappa shape index (κ2) is 9.34. The molecule has 2 aliphatic rings. The number of pyridine rings is 2. The summed E-state index contributed by atoms with van der Waals surface area (Å²) < 4.78 is 0. The predicted octanol–water partition coefficient (Wildman–Crippen LogP) is 2.58. The van der Waals surface area contributed by atoms with Gasteiger partial charge in [0.1, 0.15) is 0 Å². The molecule has 0 spiro atoms. The van der Waals surface area contributed by atoms with Crippen molar-refractivity contribution in [2.75, 3.05) is 31.9 Å². The molecule has 3 N–H and O–H groups in total. The number of nitrogens with zero attached hydrogens (tertiary/aromatic N) is 4. The van der Waals surface area contributed by atoms with Crippen LogP contribution in [0.25, 0.3) is 0 Å². The number of rotatable bonds is 5. The molecule has 2 aromatic rings. The van der Waals surface area contributed by atoms with Gasteiger partial charge >= 0.3 is 0 Å². The molecule has 0 atom stereocenters. The summed E-state index contributed by atoms with van der Waals surface area (Å²) in [5, 5.41) is 8.44. The molecule has 7 nitrogen and oxygen atoms in total. The van der Waals surface area contributed by atoms with Gasteiger partial charge in [0.05, 0.1) is 23.3 Å². The molecule has 158 valence electrons. The second-order valence-electron chi connectivity index (χ2n) is 8.35. The van der Waals surface area contributed by atoms with Gasteiger partial charge in [0, 0.05) is 43.9 Å². The first-order valence-electron chi connectivity index (χ1n) is 10.8. The Morgan fingerprint density at radius 2 is 1.77 bits per heavy atom. The highest BCUT2D eigenvalue weighted by atomic mass is 16.2. The predicted molar refractivity (Wildman–Crippen MR) is 117 cm³/mol. The Hall–Kier alpha value is -2.80. The SMILES string of the molecule is N=C(c1ccccn1)C1CCN(C(=O)C2CCN(Cc3ccncc3N)CC2)CC1. The molecule has 2 aliphatic heterocycles. The number of carbonyl (C=O) groups excluding carboxylic acids is 1. The first kappa shape index (κ1) is 20.5. The first-order valence-corrected chi connectivity index (χ1v) is 10.8. The van der Waals surface area contributed by atoms with E-state index < -0.39 is 0 Å². The average Bonchev–Trinajstić information content (AvgIpc) is 2.81. The number of amides is 1. The molecule has 2 saturated heterocycles. The van der Waals surface area contributed by atoms with E-state index in [1.54, 1.807) is 18.6 Å². The molecular formula is C23H30N6O. The highest BCUT2D eigenvalue weighted by Gasteiger charge is 2.32. The van der Waals surface area contributed by atoms with Crippen molar-refractivity contribution < 1.29 is 4.79 Å². The minimum absolute atomic E-state index is 0.114. The third-order valence-electron chi connectivity index (χ3n) is 6.43. The van der Waals surface area contributed by atoms with Crippen molar-refractivity contribution in [2.45, 2.75) is 32.2 Å². The number of nitrogens with two attached hydrogens (primary N) is 1. The Balaban J connectivity index is 1.24. The van der Waals surface area contributed by atoms with Crippen LogP contribution in [0.1, 0.15) is 36.9 Å². The zero-order valence-electron chi connectivity index (χ0n) is 17.3. The van der Waals surface area contributed by atoms with Crippen molar-refractivity contribution in [1.82, 2.24) is 19.8 Å². The van der Waals surface area contributed by atoms with E-state index >= 15 is 0 Å². The van der Waals surface area contributed by atoms with E-state index in [1.807, 2.05) is 29.2 Å². The second-order valence-corrected chi connectivity index (χ2v) is 8.35. The van der Waals surface area contributed by atoms with Crippen molar-refractivity contribution in [1.29, 1.82) is 5.41 Å². The van der Waals surface area contributed by atoms with E-state index in [-0.39, 0.29) is 11.8 Å². The third-order valence-corrected chi connectivity index (χ3v) is 6.43. The van der Waals surface area contributed by atoms with Crippen LogP contribution >= 0.6 is 0 Å². The van der Waals surface area contributed by atoms with Crippen molar-refractivity contribution in [3.63, 3.8) is 0 Å². The smallest absolute Gasteiger partial charge is 0.225 e. The van der Waals surface area contributed by atoms with Crippen LogP contribution in [0.15, 0.2) is 42.9 Å². The summed E-state index contributed by atoms with van der Waals surface area (Å²) >= 11 is 0. The van der Waals surface area contributed by atoms with Gasteiger partial charge in [-0.05, 0) is 62.5 Å². The number of aromatic nitrogens is 2. The Morgan fingerprint density at radius 1 is 1.03 bits per heavy atom. The van der Waals surface area contributed by atoms with Crippen LogP contribution in [-0.2, 0) is 11.3 Å². The quantitative estimate of drug-likeness (QED) is 0.744. The Kier molecular flexibility index (Phi) is 6.38. The average molecular weight is 407 g/mol. The van der Waals surface area contributed by atoms with E-state index in [0.717, 1.165) is 75.4 Å². The number of likely N-dealkylation sites (tertiary alicyclic amines) is 2. The maximum Gasteiger partial charge on any atom is 0.225 e. The van der Waals surface area contributed by atoms with Crippen LogP contribution in [-0.4, -0.2) is 57.6 Å². The van der Waals surface area contributed by atoms with Gasteiger partial charge in [-0.15, -0.1) is 0 Å². The van der Waals surface area contributed by atoms with Gasteiger partial charge in [-0.25, -0.2) is 0 Å². The number of nitrogen functional groups attached to an aromatic ring is 1. The van der Waals surface area contributed by atoms with Crippen molar-refractivity contribution in [3.8, 4) is 0 Å².